The van der Waals surface area contributed by atoms with E-state index in [1.807, 2.05) is 47.4 Å². The standard InChI is InChI=1S/C23H23N3O3/c1-15-12-16-6-4-5-7-20(16)26(15)23(27)19-13-18(10-11-24-19)25-17-8-9-21(28-2)22(14-17)29-3/h4-11,13-15H,12H2,1-3H3,(H,24,25). The monoisotopic (exact) mass is 389 g/mol. The highest BCUT2D eigenvalue weighted by atomic mass is 16.5. The molecule has 0 saturated carbocycles. The summed E-state index contributed by atoms with van der Waals surface area (Å²) in [6.07, 6.45) is 2.49. The van der Waals surface area contributed by atoms with Crippen LogP contribution in [0.1, 0.15) is 23.0 Å². The highest BCUT2D eigenvalue weighted by Gasteiger charge is 2.31. The Bertz CT molecular complexity index is 1050. The Kier molecular flexibility index (Phi) is 5.08. The molecule has 2 heterocycles. The van der Waals surface area contributed by atoms with Gasteiger partial charge in [0.2, 0.25) is 0 Å². The lowest BCUT2D eigenvalue weighted by molar-refractivity contribution is 0.0976. The number of benzene rings is 2. The predicted molar refractivity (Wildman–Crippen MR) is 113 cm³/mol. The van der Waals surface area contributed by atoms with E-state index in [9.17, 15) is 4.79 Å². The van der Waals surface area contributed by atoms with Gasteiger partial charge in [-0.2, -0.15) is 0 Å². The summed E-state index contributed by atoms with van der Waals surface area (Å²) in [7, 11) is 3.20. The van der Waals surface area contributed by atoms with E-state index in [1.165, 1.54) is 5.56 Å². The molecule has 1 unspecified atom stereocenters. The first-order valence-electron chi connectivity index (χ1n) is 9.47. The summed E-state index contributed by atoms with van der Waals surface area (Å²) in [6, 6.07) is 17.3. The van der Waals surface area contributed by atoms with Crippen molar-refractivity contribution in [3.63, 3.8) is 0 Å². The Hall–Kier alpha value is -3.54. The van der Waals surface area contributed by atoms with Gasteiger partial charge in [0, 0.05) is 35.4 Å². The van der Waals surface area contributed by atoms with Crippen molar-refractivity contribution in [1.82, 2.24) is 4.98 Å². The molecule has 0 spiro atoms. The molecule has 1 N–H and O–H groups in total. The number of hydrogen-bond donors (Lipinski definition) is 1. The number of nitrogens with one attached hydrogen (secondary N) is 1. The zero-order valence-electron chi connectivity index (χ0n) is 16.7. The Morgan fingerprint density at radius 1 is 1.03 bits per heavy atom. The van der Waals surface area contributed by atoms with Crippen molar-refractivity contribution >= 4 is 23.0 Å². The minimum Gasteiger partial charge on any atom is -0.493 e. The molecule has 1 aliphatic rings. The van der Waals surface area contributed by atoms with Crippen LogP contribution in [-0.4, -0.2) is 31.2 Å². The van der Waals surface area contributed by atoms with Crippen LogP contribution in [0.25, 0.3) is 0 Å². The maximum Gasteiger partial charge on any atom is 0.277 e. The second-order valence-corrected chi connectivity index (χ2v) is 6.98. The van der Waals surface area contributed by atoms with Gasteiger partial charge in [0.15, 0.2) is 11.5 Å². The average Bonchev–Trinajstić information content (AvgIpc) is 3.09. The van der Waals surface area contributed by atoms with E-state index >= 15 is 0 Å². The van der Waals surface area contributed by atoms with Gasteiger partial charge in [-0.25, -0.2) is 0 Å². The van der Waals surface area contributed by atoms with Crippen LogP contribution in [0, 0.1) is 0 Å². The Morgan fingerprint density at radius 2 is 1.79 bits per heavy atom. The summed E-state index contributed by atoms with van der Waals surface area (Å²) in [4.78, 5) is 19.4. The summed E-state index contributed by atoms with van der Waals surface area (Å²) in [6.45, 7) is 2.06. The molecule has 0 saturated heterocycles. The second-order valence-electron chi connectivity index (χ2n) is 6.98. The van der Waals surface area contributed by atoms with Gasteiger partial charge in [-0.1, -0.05) is 18.2 Å². The van der Waals surface area contributed by atoms with Crippen LogP contribution in [0.2, 0.25) is 0 Å². The largest absolute Gasteiger partial charge is 0.493 e. The SMILES string of the molecule is COc1ccc(Nc2ccnc(C(=O)N3c4ccccc4CC3C)c2)cc1OC. The molecular formula is C23H23N3O3. The zero-order chi connectivity index (χ0) is 20.4. The number of nitrogens with zero attached hydrogens (tertiary/aromatic N) is 2. The van der Waals surface area contributed by atoms with Crippen molar-refractivity contribution in [2.75, 3.05) is 24.4 Å². The predicted octanol–water partition coefficient (Wildman–Crippen LogP) is 4.43. The Morgan fingerprint density at radius 3 is 2.59 bits per heavy atom. The lowest BCUT2D eigenvalue weighted by atomic mass is 10.1. The maximum absolute atomic E-state index is 13.2. The summed E-state index contributed by atoms with van der Waals surface area (Å²) < 4.78 is 10.6. The van der Waals surface area contributed by atoms with E-state index in [4.69, 9.17) is 9.47 Å². The number of para-hydroxylation sites is 1. The van der Waals surface area contributed by atoms with Gasteiger partial charge in [-0.15, -0.1) is 0 Å². The van der Waals surface area contributed by atoms with Gasteiger partial charge >= 0.3 is 0 Å². The van der Waals surface area contributed by atoms with E-state index in [-0.39, 0.29) is 11.9 Å². The van der Waals surface area contributed by atoms with E-state index in [1.54, 1.807) is 26.5 Å². The smallest absolute Gasteiger partial charge is 0.277 e. The number of pyridine rings is 1. The average molecular weight is 389 g/mol. The lowest BCUT2D eigenvalue weighted by Gasteiger charge is -2.22. The number of carbonyl (C=O) groups is 1. The van der Waals surface area contributed by atoms with Crippen LogP contribution in [0.5, 0.6) is 11.5 Å². The molecule has 1 atom stereocenters. The molecule has 0 bridgehead atoms. The molecule has 6 heteroatoms. The van der Waals surface area contributed by atoms with Crippen LogP contribution < -0.4 is 19.7 Å². The third-order valence-electron chi connectivity index (χ3n) is 5.08. The van der Waals surface area contributed by atoms with Crippen LogP contribution >= 0.6 is 0 Å². The molecule has 4 rings (SSSR count). The van der Waals surface area contributed by atoms with Crippen molar-refractivity contribution in [2.24, 2.45) is 0 Å². The number of anilines is 3. The van der Waals surface area contributed by atoms with Crippen molar-refractivity contribution in [3.8, 4) is 11.5 Å². The first-order chi connectivity index (χ1) is 14.1. The first-order valence-corrected chi connectivity index (χ1v) is 9.47. The molecule has 1 amide bonds. The van der Waals surface area contributed by atoms with Crippen molar-refractivity contribution < 1.29 is 14.3 Å². The Labute approximate surface area is 170 Å². The number of hydrogen-bond acceptors (Lipinski definition) is 5. The molecule has 0 aliphatic carbocycles. The number of fused-ring (bicyclic) bond motifs is 1. The highest BCUT2D eigenvalue weighted by Crippen LogP contribution is 2.34. The molecule has 148 valence electrons. The van der Waals surface area contributed by atoms with Gasteiger partial charge in [-0.05, 0) is 49.2 Å². The Balaban J connectivity index is 1.59. The van der Waals surface area contributed by atoms with E-state index < -0.39 is 0 Å². The summed E-state index contributed by atoms with van der Waals surface area (Å²) in [5.74, 6) is 1.19. The molecule has 29 heavy (non-hydrogen) atoms. The van der Waals surface area contributed by atoms with E-state index in [0.717, 1.165) is 23.5 Å². The normalized spacial score (nSPS) is 15.0. The van der Waals surface area contributed by atoms with Gasteiger partial charge in [0.05, 0.1) is 14.2 Å². The van der Waals surface area contributed by atoms with Gasteiger partial charge in [0.25, 0.3) is 5.91 Å². The summed E-state index contributed by atoms with van der Waals surface area (Å²) in [5, 5.41) is 3.30. The first kappa shape index (κ1) is 18.8. The fourth-order valence-electron chi connectivity index (χ4n) is 3.70. The molecule has 1 aliphatic heterocycles. The quantitative estimate of drug-likeness (QED) is 0.699. The zero-order valence-corrected chi connectivity index (χ0v) is 16.7. The van der Waals surface area contributed by atoms with Gasteiger partial charge < -0.3 is 19.7 Å². The van der Waals surface area contributed by atoms with E-state index in [0.29, 0.717) is 17.2 Å². The fourth-order valence-corrected chi connectivity index (χ4v) is 3.70. The number of carbonyl (C=O) groups excluding carboxylic acids is 1. The third-order valence-corrected chi connectivity index (χ3v) is 5.08. The number of methoxy groups -OCH3 is 2. The fraction of sp³-hybridized carbons (Fsp3) is 0.217. The number of aromatic nitrogens is 1. The molecular weight excluding hydrogens is 366 g/mol. The van der Waals surface area contributed by atoms with Gasteiger partial charge in [0.1, 0.15) is 5.69 Å². The summed E-state index contributed by atoms with van der Waals surface area (Å²) in [5.41, 5.74) is 4.15. The maximum atomic E-state index is 13.2. The molecule has 0 radical (unpaired) electrons. The minimum absolute atomic E-state index is 0.0987. The number of amides is 1. The molecule has 6 nitrogen and oxygen atoms in total. The van der Waals surface area contributed by atoms with Crippen LogP contribution in [0.3, 0.4) is 0 Å². The van der Waals surface area contributed by atoms with Crippen molar-refractivity contribution in [1.29, 1.82) is 0 Å². The molecule has 3 aromatic rings. The van der Waals surface area contributed by atoms with Crippen molar-refractivity contribution in [2.45, 2.75) is 19.4 Å². The van der Waals surface area contributed by atoms with Crippen LogP contribution in [-0.2, 0) is 6.42 Å². The van der Waals surface area contributed by atoms with E-state index in [2.05, 4.69) is 23.3 Å². The molecule has 0 fully saturated rings. The van der Waals surface area contributed by atoms with Crippen molar-refractivity contribution in [3.05, 3.63) is 72.1 Å². The van der Waals surface area contributed by atoms with Crippen LogP contribution in [0.15, 0.2) is 60.8 Å². The summed E-state index contributed by atoms with van der Waals surface area (Å²) >= 11 is 0. The third kappa shape index (κ3) is 3.61. The minimum atomic E-state index is -0.0987. The molecule has 1 aromatic heterocycles. The highest BCUT2D eigenvalue weighted by molar-refractivity contribution is 6.07. The number of ether oxygens (including phenoxy) is 2. The second kappa shape index (κ2) is 7.83. The lowest BCUT2D eigenvalue weighted by Crippen LogP contribution is -2.36. The number of rotatable bonds is 5. The molecule has 2 aromatic carbocycles. The topological polar surface area (TPSA) is 63.7 Å². The van der Waals surface area contributed by atoms with Gasteiger partial charge in [-0.3, -0.25) is 9.78 Å². The van der Waals surface area contributed by atoms with Crippen LogP contribution in [0.4, 0.5) is 17.1 Å².